The number of aryl methyl sites for hydroxylation is 1. The van der Waals surface area contributed by atoms with Crippen molar-refractivity contribution >= 4 is 11.5 Å². The highest BCUT2D eigenvalue weighted by atomic mass is 19.1. The number of aromatic nitrogens is 1. The van der Waals surface area contributed by atoms with E-state index in [4.69, 9.17) is 0 Å². The van der Waals surface area contributed by atoms with Crippen molar-refractivity contribution in [1.82, 2.24) is 4.98 Å². The Kier molecular flexibility index (Phi) is 3.93. The van der Waals surface area contributed by atoms with E-state index in [1.807, 2.05) is 0 Å². The van der Waals surface area contributed by atoms with Crippen molar-refractivity contribution in [2.24, 2.45) is 0 Å². The maximum atomic E-state index is 13.5. The molecule has 1 aromatic carbocycles. The summed E-state index contributed by atoms with van der Waals surface area (Å²) in [7, 11) is 0. The molecule has 0 fully saturated rings. The smallest absolute Gasteiger partial charge is 0.372 e. The molecule has 0 aliphatic heterocycles. The maximum absolute atomic E-state index is 13.5. The molecule has 0 saturated heterocycles. The fraction of sp³-hybridized carbons (Fsp3) is 0.214. The van der Waals surface area contributed by atoms with Crippen LogP contribution in [-0.4, -0.2) is 9.91 Å². The number of rotatable bonds is 4. The molecule has 2 rings (SSSR count). The summed E-state index contributed by atoms with van der Waals surface area (Å²) in [4.78, 5) is 14.1. The Labute approximate surface area is 115 Å². The van der Waals surface area contributed by atoms with Crippen LogP contribution in [0.25, 0.3) is 0 Å². The first-order valence-electron chi connectivity index (χ1n) is 6.11. The summed E-state index contributed by atoms with van der Waals surface area (Å²) >= 11 is 0. The molecule has 6 heteroatoms. The van der Waals surface area contributed by atoms with E-state index in [9.17, 15) is 14.5 Å². The fourth-order valence-electron chi connectivity index (χ4n) is 1.85. The lowest BCUT2D eigenvalue weighted by molar-refractivity contribution is -0.388. The number of nitrogens with one attached hydrogen (secondary N) is 1. The minimum Gasteiger partial charge on any atom is -0.372 e. The average molecular weight is 275 g/mol. The SMILES string of the molecule is Cc1ccc(C(C)Nc2cccnc2[N+](=O)[O-])cc1F. The van der Waals surface area contributed by atoms with Crippen LogP contribution in [0.15, 0.2) is 36.5 Å². The number of pyridine rings is 1. The van der Waals surface area contributed by atoms with Gasteiger partial charge >= 0.3 is 5.82 Å². The molecule has 1 atom stereocenters. The fourth-order valence-corrected chi connectivity index (χ4v) is 1.85. The zero-order valence-electron chi connectivity index (χ0n) is 11.1. The van der Waals surface area contributed by atoms with Gasteiger partial charge in [0.15, 0.2) is 0 Å². The van der Waals surface area contributed by atoms with Crippen LogP contribution in [0, 0.1) is 22.9 Å². The predicted octanol–water partition coefficient (Wildman–Crippen LogP) is 3.61. The minimum atomic E-state index is -0.551. The van der Waals surface area contributed by atoms with Crippen LogP contribution in [0.2, 0.25) is 0 Å². The van der Waals surface area contributed by atoms with Gasteiger partial charge in [0, 0.05) is 6.04 Å². The average Bonchev–Trinajstić information content (AvgIpc) is 2.42. The van der Waals surface area contributed by atoms with Crippen LogP contribution >= 0.6 is 0 Å². The third kappa shape index (κ3) is 2.90. The zero-order chi connectivity index (χ0) is 14.7. The topological polar surface area (TPSA) is 68.1 Å². The second-order valence-corrected chi connectivity index (χ2v) is 4.51. The predicted molar refractivity (Wildman–Crippen MR) is 74.1 cm³/mol. The molecule has 1 N–H and O–H groups in total. The molecule has 1 aromatic heterocycles. The Bertz CT molecular complexity index is 646. The van der Waals surface area contributed by atoms with Gasteiger partial charge in [-0.3, -0.25) is 0 Å². The molecule has 1 heterocycles. The van der Waals surface area contributed by atoms with E-state index in [0.717, 1.165) is 0 Å². The number of halogens is 1. The highest BCUT2D eigenvalue weighted by molar-refractivity contribution is 5.57. The number of hydrogen-bond donors (Lipinski definition) is 1. The van der Waals surface area contributed by atoms with E-state index in [0.29, 0.717) is 16.8 Å². The molecule has 0 aliphatic rings. The molecule has 0 radical (unpaired) electrons. The first kappa shape index (κ1) is 13.9. The van der Waals surface area contributed by atoms with Gasteiger partial charge in [-0.15, -0.1) is 0 Å². The van der Waals surface area contributed by atoms with Crippen molar-refractivity contribution in [2.45, 2.75) is 19.9 Å². The van der Waals surface area contributed by atoms with E-state index in [-0.39, 0.29) is 17.7 Å². The summed E-state index contributed by atoms with van der Waals surface area (Å²) in [5.74, 6) is -0.538. The second kappa shape index (κ2) is 5.64. The van der Waals surface area contributed by atoms with Crippen molar-refractivity contribution in [2.75, 3.05) is 5.32 Å². The summed E-state index contributed by atoms with van der Waals surface area (Å²) < 4.78 is 13.5. The lowest BCUT2D eigenvalue weighted by Crippen LogP contribution is -2.09. The molecule has 5 nitrogen and oxygen atoms in total. The maximum Gasteiger partial charge on any atom is 0.386 e. The van der Waals surface area contributed by atoms with Crippen LogP contribution < -0.4 is 5.32 Å². The molecule has 0 saturated carbocycles. The standard InChI is InChI=1S/C14H14FN3O2/c1-9-5-6-11(8-12(9)15)10(2)17-13-4-3-7-16-14(13)18(19)20/h3-8,10,17H,1-2H3. The molecule has 0 spiro atoms. The Morgan fingerprint density at radius 2 is 2.15 bits per heavy atom. The van der Waals surface area contributed by atoms with Gasteiger partial charge in [-0.05, 0) is 53.1 Å². The van der Waals surface area contributed by atoms with Gasteiger partial charge in [0.25, 0.3) is 0 Å². The van der Waals surface area contributed by atoms with Crippen LogP contribution in [0.4, 0.5) is 15.9 Å². The number of anilines is 1. The van der Waals surface area contributed by atoms with Gasteiger partial charge in [-0.1, -0.05) is 12.1 Å². The van der Waals surface area contributed by atoms with Gasteiger partial charge in [-0.2, -0.15) is 0 Å². The molecule has 0 bridgehead atoms. The van der Waals surface area contributed by atoms with Crippen molar-refractivity contribution in [3.63, 3.8) is 0 Å². The third-order valence-electron chi connectivity index (χ3n) is 3.03. The second-order valence-electron chi connectivity index (χ2n) is 4.51. The third-order valence-corrected chi connectivity index (χ3v) is 3.03. The van der Waals surface area contributed by atoms with E-state index in [1.54, 1.807) is 38.1 Å². The minimum absolute atomic E-state index is 0.244. The van der Waals surface area contributed by atoms with Crippen LogP contribution in [0.1, 0.15) is 24.1 Å². The molecule has 104 valence electrons. The summed E-state index contributed by atoms with van der Waals surface area (Å²) in [5, 5.41) is 13.9. The number of nitro groups is 1. The van der Waals surface area contributed by atoms with Crippen molar-refractivity contribution in [1.29, 1.82) is 0 Å². The molecule has 2 aromatic rings. The van der Waals surface area contributed by atoms with Crippen molar-refractivity contribution < 1.29 is 9.31 Å². The van der Waals surface area contributed by atoms with Crippen molar-refractivity contribution in [3.05, 3.63) is 63.6 Å². The normalized spacial score (nSPS) is 11.9. The number of benzene rings is 1. The molecular weight excluding hydrogens is 261 g/mol. The molecule has 0 amide bonds. The molecule has 1 unspecified atom stereocenters. The quantitative estimate of drug-likeness (QED) is 0.683. The lowest BCUT2D eigenvalue weighted by Gasteiger charge is -2.15. The Hall–Kier alpha value is -2.50. The zero-order valence-corrected chi connectivity index (χ0v) is 11.1. The van der Waals surface area contributed by atoms with E-state index in [1.165, 1.54) is 12.3 Å². The van der Waals surface area contributed by atoms with Crippen LogP contribution in [0.3, 0.4) is 0 Å². The largest absolute Gasteiger partial charge is 0.386 e. The van der Waals surface area contributed by atoms with Gasteiger partial charge in [0.2, 0.25) is 0 Å². The molecule has 20 heavy (non-hydrogen) atoms. The Balaban J connectivity index is 2.25. The van der Waals surface area contributed by atoms with Gasteiger partial charge in [0.1, 0.15) is 17.7 Å². The van der Waals surface area contributed by atoms with Gasteiger partial charge < -0.3 is 15.4 Å². The first-order chi connectivity index (χ1) is 9.49. The van der Waals surface area contributed by atoms with Crippen LogP contribution in [-0.2, 0) is 0 Å². The van der Waals surface area contributed by atoms with E-state index >= 15 is 0 Å². The summed E-state index contributed by atoms with van der Waals surface area (Å²) in [5.41, 5.74) is 1.59. The molecule has 0 aliphatic carbocycles. The van der Waals surface area contributed by atoms with E-state index in [2.05, 4.69) is 10.3 Å². The summed E-state index contributed by atoms with van der Waals surface area (Å²) in [6.45, 7) is 3.49. The number of nitrogens with zero attached hydrogens (tertiary/aromatic N) is 2. The van der Waals surface area contributed by atoms with Gasteiger partial charge in [-0.25, -0.2) is 4.39 Å². The Morgan fingerprint density at radius 1 is 1.40 bits per heavy atom. The first-order valence-corrected chi connectivity index (χ1v) is 6.11. The lowest BCUT2D eigenvalue weighted by atomic mass is 10.1. The molecular formula is C14H14FN3O2. The highest BCUT2D eigenvalue weighted by Gasteiger charge is 2.16. The van der Waals surface area contributed by atoms with Crippen LogP contribution in [0.5, 0.6) is 0 Å². The Morgan fingerprint density at radius 3 is 2.80 bits per heavy atom. The monoisotopic (exact) mass is 275 g/mol. The van der Waals surface area contributed by atoms with Gasteiger partial charge in [0.05, 0.1) is 0 Å². The van der Waals surface area contributed by atoms with E-state index < -0.39 is 4.92 Å². The summed E-state index contributed by atoms with van der Waals surface area (Å²) in [6, 6.07) is 7.81. The number of hydrogen-bond acceptors (Lipinski definition) is 4. The summed E-state index contributed by atoms with van der Waals surface area (Å²) in [6.07, 6.45) is 1.36. The highest BCUT2D eigenvalue weighted by Crippen LogP contribution is 2.26. The van der Waals surface area contributed by atoms with Crippen molar-refractivity contribution in [3.8, 4) is 0 Å².